The van der Waals surface area contributed by atoms with Crippen LogP contribution in [0.25, 0.3) is 0 Å². The fourth-order valence-electron chi connectivity index (χ4n) is 0.908. The Kier molecular flexibility index (Phi) is 6.71. The number of nitrogens with one attached hydrogen (secondary N) is 1. The molecule has 0 radical (unpaired) electrons. The van der Waals surface area contributed by atoms with Gasteiger partial charge in [0.1, 0.15) is 0 Å². The van der Waals surface area contributed by atoms with Crippen molar-refractivity contribution in [2.45, 2.75) is 19.9 Å². The predicted octanol–water partition coefficient (Wildman–Crippen LogP) is 2.16. The van der Waals surface area contributed by atoms with Gasteiger partial charge in [-0.1, -0.05) is 36.4 Å². The molecule has 3 heteroatoms. The minimum absolute atomic E-state index is 0.407. The van der Waals surface area contributed by atoms with E-state index in [0.717, 1.165) is 17.6 Å². The Balaban J connectivity index is 3.70. The molecule has 0 aromatic carbocycles. The highest BCUT2D eigenvalue weighted by atomic mass is 79.9. The molecule has 12 heavy (non-hydrogen) atoms. The van der Waals surface area contributed by atoms with E-state index in [9.17, 15) is 0 Å². The number of hydrogen-bond donors (Lipinski definition) is 1. The Morgan fingerprint density at radius 3 is 2.50 bits per heavy atom. The van der Waals surface area contributed by atoms with Crippen LogP contribution in [0.4, 0.5) is 0 Å². The quantitative estimate of drug-likeness (QED) is 0.763. The maximum Gasteiger partial charge on any atom is 0.0618 e. The lowest BCUT2D eigenvalue weighted by atomic mass is 10.1. The lowest BCUT2D eigenvalue weighted by molar-refractivity contribution is 0.149. The molecule has 2 nitrogen and oxygen atoms in total. The standard InChI is InChI=1S/C9H18BrNO/c1-7(2)9(6-12-4)11-5-8(3)10/h7,9,11H,3,5-6H2,1-2,4H3. The summed E-state index contributed by atoms with van der Waals surface area (Å²) < 4.78 is 6.07. The highest BCUT2D eigenvalue weighted by molar-refractivity contribution is 9.11. The summed E-state index contributed by atoms with van der Waals surface area (Å²) in [6.07, 6.45) is 0. The van der Waals surface area contributed by atoms with Gasteiger partial charge in [-0.2, -0.15) is 0 Å². The number of methoxy groups -OCH3 is 1. The van der Waals surface area contributed by atoms with E-state index in [1.165, 1.54) is 0 Å². The molecular weight excluding hydrogens is 218 g/mol. The SMILES string of the molecule is C=C(Br)CNC(COC)C(C)C. The van der Waals surface area contributed by atoms with Crippen molar-refractivity contribution in [3.05, 3.63) is 11.1 Å². The molecule has 0 spiro atoms. The lowest BCUT2D eigenvalue weighted by Crippen LogP contribution is -2.38. The van der Waals surface area contributed by atoms with Gasteiger partial charge in [-0.05, 0) is 5.92 Å². The van der Waals surface area contributed by atoms with Crippen molar-refractivity contribution in [2.24, 2.45) is 5.92 Å². The van der Waals surface area contributed by atoms with E-state index in [1.54, 1.807) is 7.11 Å². The third-order valence-electron chi connectivity index (χ3n) is 1.71. The first kappa shape index (κ1) is 12.1. The summed E-state index contributed by atoms with van der Waals surface area (Å²) >= 11 is 3.31. The van der Waals surface area contributed by atoms with Crippen molar-refractivity contribution in [1.29, 1.82) is 0 Å². The zero-order valence-corrected chi connectivity index (χ0v) is 9.65. The Morgan fingerprint density at radius 1 is 1.58 bits per heavy atom. The van der Waals surface area contributed by atoms with Gasteiger partial charge in [0.15, 0.2) is 0 Å². The van der Waals surface area contributed by atoms with Crippen molar-refractivity contribution in [3.8, 4) is 0 Å². The molecule has 0 aliphatic heterocycles. The van der Waals surface area contributed by atoms with Gasteiger partial charge in [-0.25, -0.2) is 0 Å². The van der Waals surface area contributed by atoms with Crippen LogP contribution in [0.15, 0.2) is 11.1 Å². The van der Waals surface area contributed by atoms with Gasteiger partial charge in [0.2, 0.25) is 0 Å². The van der Waals surface area contributed by atoms with E-state index in [2.05, 4.69) is 41.7 Å². The fourth-order valence-corrected chi connectivity index (χ4v) is 1.07. The van der Waals surface area contributed by atoms with Gasteiger partial charge >= 0.3 is 0 Å². The van der Waals surface area contributed by atoms with Crippen LogP contribution in [0.1, 0.15) is 13.8 Å². The molecule has 0 bridgehead atoms. The molecule has 1 unspecified atom stereocenters. The van der Waals surface area contributed by atoms with E-state index in [-0.39, 0.29) is 0 Å². The molecule has 1 atom stereocenters. The number of ether oxygens (including phenoxy) is 1. The summed E-state index contributed by atoms with van der Waals surface area (Å²) in [7, 11) is 1.72. The van der Waals surface area contributed by atoms with Crippen molar-refractivity contribution in [2.75, 3.05) is 20.3 Å². The van der Waals surface area contributed by atoms with Crippen LogP contribution >= 0.6 is 15.9 Å². The number of rotatable bonds is 6. The second-order valence-corrected chi connectivity index (χ2v) is 4.33. The molecule has 0 heterocycles. The highest BCUT2D eigenvalue weighted by Gasteiger charge is 2.11. The van der Waals surface area contributed by atoms with Crippen LogP contribution in [-0.4, -0.2) is 26.3 Å². The molecule has 1 N–H and O–H groups in total. The first-order valence-corrected chi connectivity index (χ1v) is 4.92. The van der Waals surface area contributed by atoms with Crippen LogP contribution in [0.3, 0.4) is 0 Å². The average Bonchev–Trinajstić information content (AvgIpc) is 1.96. The lowest BCUT2D eigenvalue weighted by Gasteiger charge is -2.21. The molecule has 0 aromatic rings. The third-order valence-corrected chi connectivity index (χ3v) is 1.99. The van der Waals surface area contributed by atoms with Crippen molar-refractivity contribution in [3.63, 3.8) is 0 Å². The maximum atomic E-state index is 5.09. The summed E-state index contributed by atoms with van der Waals surface area (Å²) in [5.41, 5.74) is 0. The van der Waals surface area contributed by atoms with Crippen molar-refractivity contribution >= 4 is 15.9 Å². The molecular formula is C9H18BrNO. The van der Waals surface area contributed by atoms with Crippen LogP contribution in [0.5, 0.6) is 0 Å². The third kappa shape index (κ3) is 5.75. The predicted molar refractivity (Wildman–Crippen MR) is 56.6 cm³/mol. The average molecular weight is 236 g/mol. The van der Waals surface area contributed by atoms with Crippen LogP contribution in [0, 0.1) is 5.92 Å². The molecule has 0 fully saturated rings. The first-order valence-electron chi connectivity index (χ1n) is 4.13. The molecule has 0 amide bonds. The molecule has 0 aliphatic rings. The number of hydrogen-bond acceptors (Lipinski definition) is 2. The summed E-state index contributed by atoms with van der Waals surface area (Å²) in [6, 6.07) is 0.407. The molecule has 0 saturated heterocycles. The Bertz CT molecular complexity index is 136. The number of halogens is 1. The van der Waals surface area contributed by atoms with Gasteiger partial charge in [-0.15, -0.1) is 0 Å². The minimum Gasteiger partial charge on any atom is -0.383 e. The monoisotopic (exact) mass is 235 g/mol. The first-order chi connectivity index (χ1) is 5.57. The minimum atomic E-state index is 0.407. The van der Waals surface area contributed by atoms with Gasteiger partial charge < -0.3 is 10.1 Å². The summed E-state index contributed by atoms with van der Waals surface area (Å²) in [4.78, 5) is 0. The zero-order valence-electron chi connectivity index (χ0n) is 8.06. The van der Waals surface area contributed by atoms with E-state index < -0.39 is 0 Å². The van der Waals surface area contributed by atoms with E-state index >= 15 is 0 Å². The molecule has 0 rings (SSSR count). The largest absolute Gasteiger partial charge is 0.383 e. The Labute approximate surface area is 83.5 Å². The Morgan fingerprint density at radius 2 is 2.17 bits per heavy atom. The van der Waals surface area contributed by atoms with E-state index in [0.29, 0.717) is 12.0 Å². The van der Waals surface area contributed by atoms with Gasteiger partial charge in [0.25, 0.3) is 0 Å². The molecule has 72 valence electrons. The normalized spacial score (nSPS) is 13.4. The summed E-state index contributed by atoms with van der Waals surface area (Å²) in [6.45, 7) is 9.65. The topological polar surface area (TPSA) is 21.3 Å². The van der Waals surface area contributed by atoms with Crippen molar-refractivity contribution in [1.82, 2.24) is 5.32 Å². The second-order valence-electron chi connectivity index (χ2n) is 3.20. The molecule has 0 saturated carbocycles. The highest BCUT2D eigenvalue weighted by Crippen LogP contribution is 2.04. The zero-order chi connectivity index (χ0) is 9.56. The van der Waals surface area contributed by atoms with Crippen LogP contribution in [0.2, 0.25) is 0 Å². The molecule has 0 aromatic heterocycles. The van der Waals surface area contributed by atoms with Crippen molar-refractivity contribution < 1.29 is 4.74 Å². The fraction of sp³-hybridized carbons (Fsp3) is 0.778. The van der Waals surface area contributed by atoms with Gasteiger partial charge in [0.05, 0.1) is 6.61 Å². The van der Waals surface area contributed by atoms with Gasteiger partial charge in [0, 0.05) is 24.2 Å². The van der Waals surface area contributed by atoms with Crippen LogP contribution < -0.4 is 5.32 Å². The van der Waals surface area contributed by atoms with E-state index in [1.807, 2.05) is 0 Å². The molecule has 0 aliphatic carbocycles. The van der Waals surface area contributed by atoms with Crippen LogP contribution in [-0.2, 0) is 4.74 Å². The summed E-state index contributed by atoms with van der Waals surface area (Å²) in [5.74, 6) is 0.580. The maximum absolute atomic E-state index is 5.09. The Hall–Kier alpha value is 0.140. The van der Waals surface area contributed by atoms with Gasteiger partial charge in [-0.3, -0.25) is 0 Å². The smallest absolute Gasteiger partial charge is 0.0618 e. The van der Waals surface area contributed by atoms with E-state index in [4.69, 9.17) is 4.74 Å². The summed E-state index contributed by atoms with van der Waals surface area (Å²) in [5, 5.41) is 3.35. The second kappa shape index (κ2) is 6.63.